The molecule has 1 N–H and O–H groups in total. The molecular formula is C26H21ClN2O5. The van der Waals surface area contributed by atoms with Crippen molar-refractivity contribution in [2.24, 2.45) is 0 Å². The van der Waals surface area contributed by atoms with E-state index >= 15 is 0 Å². The maximum absolute atomic E-state index is 13.2. The van der Waals surface area contributed by atoms with Crippen LogP contribution in [0.1, 0.15) is 18.1 Å². The number of halogens is 1. The number of anilines is 1. The molecule has 1 heterocycles. The maximum atomic E-state index is 13.2. The smallest absolute Gasteiger partial charge is 0.335 e. The highest BCUT2D eigenvalue weighted by atomic mass is 35.5. The number of barbiturate groups is 1. The summed E-state index contributed by atoms with van der Waals surface area (Å²) >= 11 is 5.93. The van der Waals surface area contributed by atoms with Gasteiger partial charge in [0.15, 0.2) is 0 Å². The van der Waals surface area contributed by atoms with Crippen molar-refractivity contribution in [2.75, 3.05) is 11.5 Å². The van der Waals surface area contributed by atoms with Crippen molar-refractivity contribution in [2.45, 2.75) is 13.5 Å². The third kappa shape index (κ3) is 5.10. The van der Waals surface area contributed by atoms with E-state index in [2.05, 4.69) is 5.32 Å². The first-order valence-electron chi connectivity index (χ1n) is 10.6. The first kappa shape index (κ1) is 23.1. The van der Waals surface area contributed by atoms with Crippen LogP contribution in [0.5, 0.6) is 11.5 Å². The Bertz CT molecular complexity index is 1250. The minimum absolute atomic E-state index is 0.184. The highest BCUT2D eigenvalue weighted by molar-refractivity contribution is 6.39. The fraction of sp³-hybridized carbons (Fsp3) is 0.115. The Hall–Kier alpha value is -4.10. The Balaban J connectivity index is 1.60. The number of hydrogen-bond acceptors (Lipinski definition) is 5. The lowest BCUT2D eigenvalue weighted by Crippen LogP contribution is -2.54. The molecule has 0 saturated carbocycles. The molecule has 0 aromatic heterocycles. The summed E-state index contributed by atoms with van der Waals surface area (Å²) in [5.41, 5.74) is 1.56. The number of carbonyl (C=O) groups excluding carboxylic acids is 3. The van der Waals surface area contributed by atoms with E-state index in [4.69, 9.17) is 21.1 Å². The number of ether oxygens (including phenoxy) is 2. The third-order valence-corrected chi connectivity index (χ3v) is 5.29. The number of carbonyl (C=O) groups is 3. The molecule has 7 nitrogen and oxygen atoms in total. The zero-order chi connectivity index (χ0) is 24.1. The van der Waals surface area contributed by atoms with Crippen LogP contribution in [0, 0.1) is 0 Å². The normalized spacial score (nSPS) is 14.8. The second-order valence-corrected chi connectivity index (χ2v) is 7.77. The van der Waals surface area contributed by atoms with Crippen LogP contribution in [-0.4, -0.2) is 24.5 Å². The van der Waals surface area contributed by atoms with Crippen LogP contribution >= 0.6 is 11.6 Å². The number of nitrogens with one attached hydrogen (secondary N) is 1. The van der Waals surface area contributed by atoms with Crippen molar-refractivity contribution in [3.63, 3.8) is 0 Å². The first-order chi connectivity index (χ1) is 16.5. The molecule has 4 rings (SSSR count). The van der Waals surface area contributed by atoms with Crippen LogP contribution in [0.25, 0.3) is 6.08 Å². The summed E-state index contributed by atoms with van der Waals surface area (Å²) in [6.45, 7) is 2.62. The second-order valence-electron chi connectivity index (χ2n) is 7.34. The summed E-state index contributed by atoms with van der Waals surface area (Å²) < 4.78 is 11.3. The molecule has 1 saturated heterocycles. The van der Waals surface area contributed by atoms with Crippen LogP contribution in [-0.2, 0) is 16.2 Å². The number of imide groups is 2. The number of para-hydroxylation sites is 1. The largest absolute Gasteiger partial charge is 0.494 e. The minimum Gasteiger partial charge on any atom is -0.494 e. The molecule has 0 spiro atoms. The van der Waals surface area contributed by atoms with Gasteiger partial charge in [-0.1, -0.05) is 41.9 Å². The van der Waals surface area contributed by atoms with Gasteiger partial charge in [0.05, 0.1) is 12.3 Å². The minimum atomic E-state index is -0.816. The average molecular weight is 477 g/mol. The average Bonchev–Trinajstić information content (AvgIpc) is 2.83. The molecule has 0 aliphatic carbocycles. The summed E-state index contributed by atoms with van der Waals surface area (Å²) in [6, 6.07) is 19.9. The summed E-state index contributed by atoms with van der Waals surface area (Å²) in [5, 5.41) is 2.85. The lowest BCUT2D eigenvalue weighted by molar-refractivity contribution is -0.122. The monoisotopic (exact) mass is 476 g/mol. The van der Waals surface area contributed by atoms with Gasteiger partial charge in [0.25, 0.3) is 11.8 Å². The van der Waals surface area contributed by atoms with E-state index < -0.39 is 17.8 Å². The summed E-state index contributed by atoms with van der Waals surface area (Å²) in [5.74, 6) is -0.417. The van der Waals surface area contributed by atoms with E-state index in [1.165, 1.54) is 6.08 Å². The van der Waals surface area contributed by atoms with Crippen molar-refractivity contribution in [1.29, 1.82) is 0 Å². The van der Waals surface area contributed by atoms with Crippen LogP contribution < -0.4 is 19.7 Å². The predicted molar refractivity (Wildman–Crippen MR) is 129 cm³/mol. The van der Waals surface area contributed by atoms with Gasteiger partial charge in [-0.3, -0.25) is 14.9 Å². The molecule has 4 amide bonds. The van der Waals surface area contributed by atoms with Gasteiger partial charge in [0.2, 0.25) is 0 Å². The zero-order valence-electron chi connectivity index (χ0n) is 18.3. The molecule has 34 heavy (non-hydrogen) atoms. The Kier molecular flexibility index (Phi) is 6.94. The topological polar surface area (TPSA) is 84.9 Å². The molecule has 0 unspecified atom stereocenters. The number of benzene rings is 3. The molecule has 0 atom stereocenters. The van der Waals surface area contributed by atoms with Gasteiger partial charge >= 0.3 is 6.03 Å². The molecule has 0 bridgehead atoms. The molecule has 3 aromatic carbocycles. The lowest BCUT2D eigenvalue weighted by atomic mass is 10.1. The molecular weight excluding hydrogens is 456 g/mol. The molecule has 0 radical (unpaired) electrons. The summed E-state index contributed by atoms with van der Waals surface area (Å²) in [7, 11) is 0. The van der Waals surface area contributed by atoms with Crippen molar-refractivity contribution in [3.8, 4) is 11.5 Å². The SMILES string of the molecule is CCOc1ccc(N2C(=O)NC(=O)/C(=C\c3ccccc3OCc3ccc(Cl)cc3)C2=O)cc1. The van der Waals surface area contributed by atoms with Crippen LogP contribution in [0.2, 0.25) is 5.02 Å². The van der Waals surface area contributed by atoms with Crippen molar-refractivity contribution in [3.05, 3.63) is 94.5 Å². The Morgan fingerprint density at radius 3 is 2.32 bits per heavy atom. The van der Waals surface area contributed by atoms with E-state index in [9.17, 15) is 14.4 Å². The van der Waals surface area contributed by atoms with Gasteiger partial charge in [-0.25, -0.2) is 9.69 Å². The van der Waals surface area contributed by atoms with Gasteiger partial charge in [-0.15, -0.1) is 0 Å². The quantitative estimate of drug-likeness (QED) is 0.384. The molecule has 3 aromatic rings. The van der Waals surface area contributed by atoms with Gasteiger partial charge in [0.1, 0.15) is 23.7 Å². The molecule has 8 heteroatoms. The van der Waals surface area contributed by atoms with E-state index in [1.54, 1.807) is 60.7 Å². The van der Waals surface area contributed by atoms with Crippen LogP contribution in [0.3, 0.4) is 0 Å². The molecule has 1 aliphatic heterocycles. The Morgan fingerprint density at radius 2 is 1.62 bits per heavy atom. The highest BCUT2D eigenvalue weighted by Gasteiger charge is 2.37. The maximum Gasteiger partial charge on any atom is 0.335 e. The molecule has 1 fully saturated rings. The van der Waals surface area contributed by atoms with Crippen molar-refractivity contribution >= 4 is 41.2 Å². The third-order valence-electron chi connectivity index (χ3n) is 5.03. The lowest BCUT2D eigenvalue weighted by Gasteiger charge is -2.26. The second kappa shape index (κ2) is 10.2. The molecule has 172 valence electrons. The predicted octanol–water partition coefficient (Wildman–Crippen LogP) is 4.98. The highest BCUT2D eigenvalue weighted by Crippen LogP contribution is 2.27. The Labute approximate surface area is 201 Å². The van der Waals surface area contributed by atoms with Gasteiger partial charge in [-0.05, 0) is 61.0 Å². The van der Waals surface area contributed by atoms with Crippen molar-refractivity contribution < 1.29 is 23.9 Å². The van der Waals surface area contributed by atoms with Crippen molar-refractivity contribution in [1.82, 2.24) is 5.32 Å². The standard InChI is InChI=1S/C26H21ClN2O5/c1-2-33-21-13-11-20(12-14-21)29-25(31)22(24(30)28-26(29)32)15-18-5-3-4-6-23(18)34-16-17-7-9-19(27)10-8-17/h3-15H,2,16H2,1H3,(H,28,30,32)/b22-15+. The number of rotatable bonds is 7. The van der Waals surface area contributed by atoms with Crippen LogP contribution in [0.4, 0.5) is 10.5 Å². The summed E-state index contributed by atoms with van der Waals surface area (Å²) in [6.07, 6.45) is 1.42. The zero-order valence-corrected chi connectivity index (χ0v) is 19.0. The van der Waals surface area contributed by atoms with E-state index in [1.807, 2.05) is 19.1 Å². The molecule has 1 aliphatic rings. The fourth-order valence-electron chi connectivity index (χ4n) is 3.38. The first-order valence-corrected chi connectivity index (χ1v) is 10.9. The number of urea groups is 1. The van der Waals surface area contributed by atoms with E-state index in [-0.39, 0.29) is 12.2 Å². The Morgan fingerprint density at radius 1 is 0.912 bits per heavy atom. The van der Waals surface area contributed by atoms with E-state index in [0.29, 0.717) is 34.4 Å². The summed E-state index contributed by atoms with van der Waals surface area (Å²) in [4.78, 5) is 39.1. The van der Waals surface area contributed by atoms with Crippen LogP contribution in [0.15, 0.2) is 78.4 Å². The van der Waals surface area contributed by atoms with E-state index in [0.717, 1.165) is 10.5 Å². The van der Waals surface area contributed by atoms with Gasteiger partial charge < -0.3 is 9.47 Å². The number of nitrogens with zero attached hydrogens (tertiary/aromatic N) is 1. The fourth-order valence-corrected chi connectivity index (χ4v) is 3.50. The van der Waals surface area contributed by atoms with Gasteiger partial charge in [-0.2, -0.15) is 0 Å². The van der Waals surface area contributed by atoms with Gasteiger partial charge in [0, 0.05) is 10.6 Å². The number of amides is 4. The number of hydrogen-bond donors (Lipinski definition) is 1.